The van der Waals surface area contributed by atoms with Crippen molar-refractivity contribution in [3.05, 3.63) is 71.5 Å². The largest absolute Gasteiger partial charge is 0.454 e. The van der Waals surface area contributed by atoms with Crippen LogP contribution >= 0.6 is 0 Å². The lowest BCUT2D eigenvalue weighted by molar-refractivity contribution is -0.147. The number of amides is 2. The molecule has 0 spiro atoms. The van der Waals surface area contributed by atoms with Gasteiger partial charge in [-0.2, -0.15) is 0 Å². The van der Waals surface area contributed by atoms with Crippen LogP contribution in [0.1, 0.15) is 22.8 Å². The number of rotatable bonds is 9. The molecule has 0 aliphatic heterocycles. The minimum Gasteiger partial charge on any atom is -0.454 e. The maximum atomic E-state index is 13.1. The molecule has 0 bridgehead atoms. The summed E-state index contributed by atoms with van der Waals surface area (Å²) in [5.74, 6) is -2.92. The Morgan fingerprint density at radius 3 is 2.41 bits per heavy atom. The van der Waals surface area contributed by atoms with Gasteiger partial charge in [0.25, 0.3) is 11.8 Å². The summed E-state index contributed by atoms with van der Waals surface area (Å²) in [7, 11) is 0. The Bertz CT molecular complexity index is 886. The van der Waals surface area contributed by atoms with E-state index in [1.54, 1.807) is 0 Å². The van der Waals surface area contributed by atoms with Crippen molar-refractivity contribution in [2.45, 2.75) is 19.4 Å². The average Bonchev–Trinajstić information content (AvgIpc) is 2.70. The third-order valence-corrected chi connectivity index (χ3v) is 3.95. The monoisotopic (exact) mass is 400 g/mol. The highest BCUT2D eigenvalue weighted by atomic mass is 19.1. The zero-order valence-electron chi connectivity index (χ0n) is 15.8. The average molecular weight is 400 g/mol. The molecule has 0 aliphatic rings. The Hall–Kier alpha value is -3.55. The molecule has 0 saturated carbocycles. The quantitative estimate of drug-likeness (QED) is 0.620. The first kappa shape index (κ1) is 21.7. The molecule has 0 aliphatic carbocycles. The molecular weight excluding hydrogens is 379 g/mol. The van der Waals surface area contributed by atoms with Crippen LogP contribution in [0.2, 0.25) is 0 Å². The van der Waals surface area contributed by atoms with Crippen molar-refractivity contribution in [3.63, 3.8) is 0 Å². The van der Waals surface area contributed by atoms with E-state index < -0.39 is 42.8 Å². The van der Waals surface area contributed by atoms with E-state index in [0.717, 1.165) is 11.6 Å². The highest BCUT2D eigenvalue weighted by Crippen LogP contribution is 2.04. The molecule has 0 saturated heterocycles. The molecule has 0 radical (unpaired) electrons. The number of hydrogen-bond acceptors (Lipinski definition) is 5. The van der Waals surface area contributed by atoms with Gasteiger partial charge in [0.05, 0.1) is 6.04 Å². The van der Waals surface area contributed by atoms with Gasteiger partial charge in [-0.1, -0.05) is 36.4 Å². The molecule has 7 nitrogen and oxygen atoms in total. The van der Waals surface area contributed by atoms with E-state index in [2.05, 4.69) is 10.6 Å². The number of halogens is 1. The molecular formula is C21H21FN2O5. The summed E-state index contributed by atoms with van der Waals surface area (Å²) >= 11 is 0. The van der Waals surface area contributed by atoms with Gasteiger partial charge < -0.3 is 15.4 Å². The summed E-state index contributed by atoms with van der Waals surface area (Å²) in [5, 5.41) is 4.80. The molecule has 0 unspecified atom stereocenters. The smallest absolute Gasteiger partial charge is 0.325 e. The summed E-state index contributed by atoms with van der Waals surface area (Å²) in [5.41, 5.74) is 0.936. The minimum absolute atomic E-state index is 0.0563. The number of nitrogens with one attached hydrogen (secondary N) is 2. The van der Waals surface area contributed by atoms with E-state index in [-0.39, 0.29) is 11.3 Å². The van der Waals surface area contributed by atoms with Crippen LogP contribution in [0, 0.1) is 5.82 Å². The number of Topliss-reactive ketones (excluding diaryl/α,β-unsaturated/α-hetero) is 1. The van der Waals surface area contributed by atoms with Crippen molar-refractivity contribution in [1.82, 2.24) is 10.6 Å². The van der Waals surface area contributed by atoms with Gasteiger partial charge in [-0.15, -0.1) is 0 Å². The molecule has 2 amide bonds. The lowest BCUT2D eigenvalue weighted by Gasteiger charge is -2.16. The number of benzene rings is 2. The molecule has 2 aromatic carbocycles. The third-order valence-electron chi connectivity index (χ3n) is 3.95. The van der Waals surface area contributed by atoms with Gasteiger partial charge >= 0.3 is 5.97 Å². The van der Waals surface area contributed by atoms with Crippen LogP contribution in [0.3, 0.4) is 0 Å². The molecule has 2 rings (SSSR count). The molecule has 8 heteroatoms. The maximum absolute atomic E-state index is 13.1. The summed E-state index contributed by atoms with van der Waals surface area (Å²) in [6.45, 7) is 0.290. The zero-order valence-corrected chi connectivity index (χ0v) is 15.8. The first-order valence-electron chi connectivity index (χ1n) is 8.88. The van der Waals surface area contributed by atoms with E-state index >= 15 is 0 Å². The molecule has 152 valence electrons. The predicted octanol–water partition coefficient (Wildman–Crippen LogP) is 1.42. The van der Waals surface area contributed by atoms with Crippen LogP contribution in [-0.4, -0.2) is 42.8 Å². The number of hydrogen-bond donors (Lipinski definition) is 2. The van der Waals surface area contributed by atoms with E-state index in [1.807, 2.05) is 30.3 Å². The highest BCUT2D eigenvalue weighted by Gasteiger charge is 2.18. The minimum atomic E-state index is -0.840. The van der Waals surface area contributed by atoms with Gasteiger partial charge in [0.2, 0.25) is 0 Å². The fraction of sp³-hybridized carbons (Fsp3) is 0.238. The Labute approximate surface area is 167 Å². The molecule has 1 atom stereocenters. The van der Waals surface area contributed by atoms with Gasteiger partial charge in [0.15, 0.2) is 12.4 Å². The van der Waals surface area contributed by atoms with Crippen LogP contribution in [0.25, 0.3) is 0 Å². The van der Waals surface area contributed by atoms with Crippen molar-refractivity contribution in [2.75, 3.05) is 13.2 Å². The third kappa shape index (κ3) is 7.53. The fourth-order valence-electron chi connectivity index (χ4n) is 2.46. The predicted molar refractivity (Wildman–Crippen MR) is 102 cm³/mol. The Morgan fingerprint density at radius 2 is 1.76 bits per heavy atom. The number of ether oxygens (including phenoxy) is 1. The van der Waals surface area contributed by atoms with Crippen molar-refractivity contribution in [1.29, 1.82) is 0 Å². The Balaban J connectivity index is 1.76. The number of ketones is 1. The number of esters is 1. The van der Waals surface area contributed by atoms with Crippen LogP contribution < -0.4 is 10.6 Å². The van der Waals surface area contributed by atoms with E-state index in [0.29, 0.717) is 6.42 Å². The number of carbonyl (C=O) groups is 4. The summed E-state index contributed by atoms with van der Waals surface area (Å²) < 4.78 is 17.9. The lowest BCUT2D eigenvalue weighted by atomic mass is 10.0. The molecule has 0 aromatic heterocycles. The van der Waals surface area contributed by atoms with Crippen LogP contribution in [0.15, 0.2) is 54.6 Å². The topological polar surface area (TPSA) is 102 Å². The second-order valence-corrected chi connectivity index (χ2v) is 6.27. The summed E-state index contributed by atoms with van der Waals surface area (Å²) in [6, 6.07) is 13.4. The molecule has 0 heterocycles. The molecule has 2 N–H and O–H groups in total. The van der Waals surface area contributed by atoms with Crippen molar-refractivity contribution >= 4 is 23.6 Å². The Morgan fingerprint density at radius 1 is 1.03 bits per heavy atom. The lowest BCUT2D eigenvalue weighted by Crippen LogP contribution is -2.43. The molecule has 0 fully saturated rings. The van der Waals surface area contributed by atoms with Gasteiger partial charge in [-0.3, -0.25) is 19.2 Å². The van der Waals surface area contributed by atoms with Crippen molar-refractivity contribution in [2.24, 2.45) is 0 Å². The summed E-state index contributed by atoms with van der Waals surface area (Å²) in [6.07, 6.45) is 0.319. The normalized spacial score (nSPS) is 11.2. The van der Waals surface area contributed by atoms with Crippen LogP contribution in [0.4, 0.5) is 4.39 Å². The van der Waals surface area contributed by atoms with Gasteiger partial charge in [-0.05, 0) is 37.1 Å². The second-order valence-electron chi connectivity index (χ2n) is 6.27. The Kier molecular flexibility index (Phi) is 8.02. The summed E-state index contributed by atoms with van der Waals surface area (Å²) in [4.78, 5) is 47.3. The fourth-order valence-corrected chi connectivity index (χ4v) is 2.46. The standard InChI is InChI=1S/C21H21FN2O5/c1-14(25)18(10-15-6-3-2-4-7-15)24-19(26)13-29-20(27)12-23-21(28)16-8-5-9-17(22)11-16/h2-9,11,18H,10,12-13H2,1H3,(H,23,28)(H,24,26)/t18-/m0/s1. The van der Waals surface area contributed by atoms with E-state index in [4.69, 9.17) is 4.74 Å². The first-order valence-corrected chi connectivity index (χ1v) is 8.88. The highest BCUT2D eigenvalue weighted by molar-refractivity contribution is 5.96. The molecule has 29 heavy (non-hydrogen) atoms. The van der Waals surface area contributed by atoms with E-state index in [1.165, 1.54) is 25.1 Å². The zero-order chi connectivity index (χ0) is 21.2. The molecule has 2 aromatic rings. The first-order chi connectivity index (χ1) is 13.8. The SMILES string of the molecule is CC(=O)[C@H](Cc1ccccc1)NC(=O)COC(=O)CNC(=O)c1cccc(F)c1. The van der Waals surface area contributed by atoms with Gasteiger partial charge in [-0.25, -0.2) is 4.39 Å². The van der Waals surface area contributed by atoms with Crippen LogP contribution in [-0.2, 0) is 25.5 Å². The van der Waals surface area contributed by atoms with E-state index in [9.17, 15) is 23.6 Å². The number of carbonyl (C=O) groups excluding carboxylic acids is 4. The van der Waals surface area contributed by atoms with Crippen molar-refractivity contribution in [3.8, 4) is 0 Å². The second kappa shape index (κ2) is 10.7. The maximum Gasteiger partial charge on any atom is 0.325 e. The van der Waals surface area contributed by atoms with Crippen LogP contribution in [0.5, 0.6) is 0 Å². The van der Waals surface area contributed by atoms with Crippen molar-refractivity contribution < 1.29 is 28.3 Å². The van der Waals surface area contributed by atoms with Gasteiger partial charge in [0, 0.05) is 5.56 Å². The van der Waals surface area contributed by atoms with Gasteiger partial charge in [0.1, 0.15) is 12.4 Å².